The largest absolute Gasteiger partial charge is 0.316 e. The molecule has 1 aromatic carbocycles. The smallest absolute Gasteiger partial charge is 0.0176 e. The van der Waals surface area contributed by atoms with Crippen LogP contribution in [0.25, 0.3) is 0 Å². The SMILES string of the molecule is CCN(CC1CCCNC1)C1Cc2ccccc2C1. The summed E-state index contributed by atoms with van der Waals surface area (Å²) in [4.78, 5) is 2.72. The van der Waals surface area contributed by atoms with Crippen LogP contribution >= 0.6 is 0 Å². The molecule has 0 radical (unpaired) electrons. The molecule has 1 aromatic rings. The van der Waals surface area contributed by atoms with Gasteiger partial charge >= 0.3 is 0 Å². The zero-order valence-corrected chi connectivity index (χ0v) is 12.1. The van der Waals surface area contributed by atoms with E-state index in [4.69, 9.17) is 0 Å². The summed E-state index contributed by atoms with van der Waals surface area (Å²) in [5, 5.41) is 3.55. The topological polar surface area (TPSA) is 15.3 Å². The first kappa shape index (κ1) is 13.1. The van der Waals surface area contributed by atoms with Crippen LogP contribution in [0.5, 0.6) is 0 Å². The molecule has 0 saturated carbocycles. The highest BCUT2D eigenvalue weighted by atomic mass is 15.2. The summed E-state index contributed by atoms with van der Waals surface area (Å²) >= 11 is 0. The summed E-state index contributed by atoms with van der Waals surface area (Å²) in [5.41, 5.74) is 3.15. The van der Waals surface area contributed by atoms with Crippen LogP contribution in [0.15, 0.2) is 24.3 Å². The zero-order valence-electron chi connectivity index (χ0n) is 12.1. The molecule has 3 rings (SSSR count). The maximum atomic E-state index is 3.55. The van der Waals surface area contributed by atoms with Crippen molar-refractivity contribution in [3.05, 3.63) is 35.4 Å². The highest BCUT2D eigenvalue weighted by Crippen LogP contribution is 2.26. The molecule has 19 heavy (non-hydrogen) atoms. The third-order valence-corrected chi connectivity index (χ3v) is 4.84. The molecule has 0 bridgehead atoms. The highest BCUT2D eigenvalue weighted by molar-refractivity contribution is 5.33. The van der Waals surface area contributed by atoms with Crippen LogP contribution in [0.1, 0.15) is 30.9 Å². The van der Waals surface area contributed by atoms with Crippen LogP contribution in [0.3, 0.4) is 0 Å². The Hall–Kier alpha value is -0.860. The average Bonchev–Trinajstić information content (AvgIpc) is 2.89. The molecule has 1 heterocycles. The third-order valence-electron chi connectivity index (χ3n) is 4.84. The van der Waals surface area contributed by atoms with Crippen molar-refractivity contribution in [2.45, 2.75) is 38.6 Å². The van der Waals surface area contributed by atoms with E-state index in [-0.39, 0.29) is 0 Å². The van der Waals surface area contributed by atoms with Crippen LogP contribution in [-0.2, 0) is 12.8 Å². The summed E-state index contributed by atoms with van der Waals surface area (Å²) in [7, 11) is 0. The lowest BCUT2D eigenvalue weighted by atomic mass is 9.98. The van der Waals surface area contributed by atoms with Gasteiger partial charge in [-0.3, -0.25) is 4.90 Å². The molecule has 1 atom stereocenters. The molecule has 1 aliphatic carbocycles. The molecule has 0 aromatic heterocycles. The molecule has 104 valence electrons. The summed E-state index contributed by atoms with van der Waals surface area (Å²) in [6.07, 6.45) is 5.27. The number of benzene rings is 1. The Balaban J connectivity index is 1.61. The lowest BCUT2D eigenvalue weighted by molar-refractivity contribution is 0.165. The Morgan fingerprint density at radius 3 is 2.53 bits per heavy atom. The second-order valence-electron chi connectivity index (χ2n) is 6.13. The quantitative estimate of drug-likeness (QED) is 0.892. The van der Waals surface area contributed by atoms with Gasteiger partial charge in [0.25, 0.3) is 0 Å². The Bertz CT molecular complexity index is 384. The van der Waals surface area contributed by atoms with Gasteiger partial charge in [-0.25, -0.2) is 0 Å². The fourth-order valence-electron chi connectivity index (χ4n) is 3.74. The number of likely N-dealkylation sites (N-methyl/N-ethyl adjacent to an activating group) is 1. The maximum Gasteiger partial charge on any atom is 0.0176 e. The number of nitrogens with one attached hydrogen (secondary N) is 1. The summed E-state index contributed by atoms with van der Waals surface area (Å²) < 4.78 is 0. The summed E-state index contributed by atoms with van der Waals surface area (Å²) in [6.45, 7) is 7.23. The Morgan fingerprint density at radius 1 is 1.21 bits per heavy atom. The van der Waals surface area contributed by atoms with Gasteiger partial charge in [0.2, 0.25) is 0 Å². The Labute approximate surface area is 117 Å². The minimum Gasteiger partial charge on any atom is -0.316 e. The lowest BCUT2D eigenvalue weighted by Gasteiger charge is -2.33. The molecule has 0 amide bonds. The van der Waals surface area contributed by atoms with Crippen LogP contribution in [0.2, 0.25) is 0 Å². The molecule has 2 aliphatic rings. The number of hydrogen-bond acceptors (Lipinski definition) is 2. The highest BCUT2D eigenvalue weighted by Gasteiger charge is 2.27. The molecule has 1 unspecified atom stereocenters. The van der Waals surface area contributed by atoms with Crippen molar-refractivity contribution < 1.29 is 0 Å². The van der Waals surface area contributed by atoms with Crippen LogP contribution in [0, 0.1) is 5.92 Å². The van der Waals surface area contributed by atoms with Gasteiger partial charge in [-0.2, -0.15) is 0 Å². The third kappa shape index (κ3) is 3.01. The number of hydrogen-bond donors (Lipinski definition) is 1. The van der Waals surface area contributed by atoms with Crippen molar-refractivity contribution in [2.75, 3.05) is 26.2 Å². The second kappa shape index (κ2) is 6.06. The van der Waals surface area contributed by atoms with E-state index in [1.54, 1.807) is 11.1 Å². The number of rotatable bonds is 4. The first-order valence-corrected chi connectivity index (χ1v) is 7.88. The predicted molar refractivity (Wildman–Crippen MR) is 80.5 cm³/mol. The molecule has 1 N–H and O–H groups in total. The van der Waals surface area contributed by atoms with E-state index in [9.17, 15) is 0 Å². The molecular weight excluding hydrogens is 232 g/mol. The summed E-state index contributed by atoms with van der Waals surface area (Å²) in [6, 6.07) is 9.73. The van der Waals surface area contributed by atoms with Gasteiger partial charge in [-0.1, -0.05) is 31.2 Å². The van der Waals surface area contributed by atoms with E-state index in [1.165, 1.54) is 51.9 Å². The Morgan fingerprint density at radius 2 is 1.95 bits per heavy atom. The van der Waals surface area contributed by atoms with Gasteiger partial charge in [0.05, 0.1) is 0 Å². The van der Waals surface area contributed by atoms with Crippen molar-refractivity contribution in [3.8, 4) is 0 Å². The number of fused-ring (bicyclic) bond motifs is 1. The van der Waals surface area contributed by atoms with Crippen molar-refractivity contribution in [2.24, 2.45) is 5.92 Å². The molecule has 0 spiro atoms. The van der Waals surface area contributed by atoms with E-state index < -0.39 is 0 Å². The van der Waals surface area contributed by atoms with Crippen molar-refractivity contribution in [1.82, 2.24) is 10.2 Å². The van der Waals surface area contributed by atoms with Gasteiger partial charge in [-0.15, -0.1) is 0 Å². The number of piperidine rings is 1. The van der Waals surface area contributed by atoms with E-state index in [1.807, 2.05) is 0 Å². The standard InChI is InChI=1S/C17H26N2/c1-2-19(13-14-6-5-9-18-12-14)17-10-15-7-3-4-8-16(15)11-17/h3-4,7-8,14,17-18H,2,5-6,9-13H2,1H3. The fraction of sp³-hybridized carbons (Fsp3) is 0.647. The normalized spacial score (nSPS) is 23.8. The van der Waals surface area contributed by atoms with Crippen LogP contribution in [-0.4, -0.2) is 37.1 Å². The van der Waals surface area contributed by atoms with Crippen molar-refractivity contribution >= 4 is 0 Å². The van der Waals surface area contributed by atoms with Gasteiger partial charge in [0.15, 0.2) is 0 Å². The fourth-order valence-corrected chi connectivity index (χ4v) is 3.74. The van der Waals surface area contributed by atoms with E-state index >= 15 is 0 Å². The van der Waals surface area contributed by atoms with Crippen LogP contribution < -0.4 is 5.32 Å². The molecule has 1 saturated heterocycles. The zero-order chi connectivity index (χ0) is 13.1. The second-order valence-corrected chi connectivity index (χ2v) is 6.13. The van der Waals surface area contributed by atoms with Crippen LogP contribution in [0.4, 0.5) is 0 Å². The molecular formula is C17H26N2. The predicted octanol–water partition coefficient (Wildman–Crippen LogP) is 2.48. The lowest BCUT2D eigenvalue weighted by Crippen LogP contribution is -2.43. The average molecular weight is 258 g/mol. The molecule has 2 heteroatoms. The summed E-state index contributed by atoms with van der Waals surface area (Å²) in [5.74, 6) is 0.859. The molecule has 1 fully saturated rings. The van der Waals surface area contributed by atoms with Gasteiger partial charge in [-0.05, 0) is 62.4 Å². The van der Waals surface area contributed by atoms with E-state index in [2.05, 4.69) is 41.4 Å². The first-order chi connectivity index (χ1) is 9.36. The minimum absolute atomic E-state index is 0.740. The first-order valence-electron chi connectivity index (χ1n) is 7.88. The Kier molecular flexibility index (Phi) is 4.19. The molecule has 2 nitrogen and oxygen atoms in total. The van der Waals surface area contributed by atoms with Crippen molar-refractivity contribution in [3.63, 3.8) is 0 Å². The minimum atomic E-state index is 0.740. The van der Waals surface area contributed by atoms with Gasteiger partial charge < -0.3 is 5.32 Å². The van der Waals surface area contributed by atoms with Crippen molar-refractivity contribution in [1.29, 1.82) is 0 Å². The van der Waals surface area contributed by atoms with Gasteiger partial charge in [0, 0.05) is 12.6 Å². The number of nitrogens with zero attached hydrogens (tertiary/aromatic N) is 1. The van der Waals surface area contributed by atoms with E-state index in [0.29, 0.717) is 0 Å². The maximum absolute atomic E-state index is 3.55. The van der Waals surface area contributed by atoms with Gasteiger partial charge in [0.1, 0.15) is 0 Å². The molecule has 1 aliphatic heterocycles. The van der Waals surface area contributed by atoms with E-state index in [0.717, 1.165) is 12.0 Å². The monoisotopic (exact) mass is 258 g/mol.